The number of hydrogen-bond donors (Lipinski definition) is 1. The van der Waals surface area contributed by atoms with Gasteiger partial charge in [-0.15, -0.1) is 0 Å². The number of anilines is 2. The molecule has 8 nitrogen and oxygen atoms in total. The van der Waals surface area contributed by atoms with Gasteiger partial charge in [0.05, 0.1) is 22.6 Å². The molecule has 0 spiro atoms. The van der Waals surface area contributed by atoms with Gasteiger partial charge in [-0.2, -0.15) is 0 Å². The minimum atomic E-state index is -3.76. The maximum absolute atomic E-state index is 12.1. The summed E-state index contributed by atoms with van der Waals surface area (Å²) in [5, 5.41) is 14.2. The maximum Gasteiger partial charge on any atom is 0.294 e. The van der Waals surface area contributed by atoms with E-state index in [-0.39, 0.29) is 16.3 Å². The number of nitrogens with one attached hydrogen (secondary N) is 1. The number of benzene rings is 2. The Morgan fingerprint density at radius 1 is 1.12 bits per heavy atom. The minimum absolute atomic E-state index is 0.148. The van der Waals surface area contributed by atoms with Gasteiger partial charge >= 0.3 is 0 Å². The Morgan fingerprint density at radius 2 is 1.79 bits per heavy atom. The maximum atomic E-state index is 12.1. The molecule has 0 heterocycles. The van der Waals surface area contributed by atoms with Gasteiger partial charge in [-0.25, -0.2) is 12.7 Å². The average molecular weight is 351 g/mol. The number of nitro groups is 1. The molecule has 128 valence electrons. The lowest BCUT2D eigenvalue weighted by molar-refractivity contribution is -0.384. The Balaban J connectivity index is 2.50. The van der Waals surface area contributed by atoms with E-state index in [1.165, 1.54) is 33.3 Å². The molecule has 0 bridgehead atoms. The van der Waals surface area contributed by atoms with Crippen LogP contribution in [0.3, 0.4) is 0 Å². The standard InChI is InChI=1S/C15H17N3O5S/c1-17(2)24(21,22)11-8-9-12(14(10-11)18(19)20)16-13-6-4-5-7-15(13)23-3/h4-10,16H,1-3H3. The van der Waals surface area contributed by atoms with Crippen molar-refractivity contribution in [3.8, 4) is 5.75 Å². The second-order valence-electron chi connectivity index (χ2n) is 5.05. The van der Waals surface area contributed by atoms with E-state index in [0.29, 0.717) is 11.4 Å². The van der Waals surface area contributed by atoms with Crippen molar-refractivity contribution in [1.82, 2.24) is 4.31 Å². The van der Waals surface area contributed by atoms with Gasteiger partial charge in [0.2, 0.25) is 10.0 Å². The van der Waals surface area contributed by atoms with E-state index in [1.54, 1.807) is 24.3 Å². The Labute approximate surface area is 139 Å². The SMILES string of the molecule is COc1ccccc1Nc1ccc(S(=O)(=O)N(C)C)cc1[N+](=O)[O-]. The molecule has 0 saturated heterocycles. The normalized spacial score (nSPS) is 11.3. The van der Waals surface area contributed by atoms with Gasteiger partial charge in [0, 0.05) is 20.2 Å². The molecule has 0 amide bonds. The number of nitro benzene ring substituents is 1. The minimum Gasteiger partial charge on any atom is -0.495 e. The van der Waals surface area contributed by atoms with Crippen LogP contribution in [0.25, 0.3) is 0 Å². The number of para-hydroxylation sites is 2. The second-order valence-corrected chi connectivity index (χ2v) is 7.20. The monoisotopic (exact) mass is 351 g/mol. The van der Waals surface area contributed by atoms with Crippen LogP contribution >= 0.6 is 0 Å². The van der Waals surface area contributed by atoms with E-state index >= 15 is 0 Å². The van der Waals surface area contributed by atoms with E-state index in [0.717, 1.165) is 10.4 Å². The van der Waals surface area contributed by atoms with E-state index in [1.807, 2.05) is 0 Å². The Bertz CT molecular complexity index is 865. The van der Waals surface area contributed by atoms with Gasteiger partial charge < -0.3 is 10.1 Å². The third-order valence-electron chi connectivity index (χ3n) is 3.32. The number of ether oxygens (including phenoxy) is 1. The molecule has 2 aromatic carbocycles. The van der Waals surface area contributed by atoms with Crippen LogP contribution in [-0.4, -0.2) is 38.9 Å². The quantitative estimate of drug-likeness (QED) is 0.634. The predicted molar refractivity (Wildman–Crippen MR) is 90.2 cm³/mol. The van der Waals surface area contributed by atoms with Gasteiger partial charge in [-0.1, -0.05) is 12.1 Å². The summed E-state index contributed by atoms with van der Waals surface area (Å²) in [7, 11) is 0.455. The molecule has 0 saturated carbocycles. The summed E-state index contributed by atoms with van der Waals surface area (Å²) in [6.45, 7) is 0. The molecule has 0 unspecified atom stereocenters. The number of sulfonamides is 1. The first-order chi connectivity index (χ1) is 11.3. The topological polar surface area (TPSA) is 102 Å². The zero-order chi connectivity index (χ0) is 17.9. The molecular weight excluding hydrogens is 334 g/mol. The fourth-order valence-corrected chi connectivity index (χ4v) is 2.95. The van der Waals surface area contributed by atoms with Gasteiger partial charge in [0.25, 0.3) is 5.69 Å². The smallest absolute Gasteiger partial charge is 0.294 e. The third-order valence-corrected chi connectivity index (χ3v) is 5.13. The highest BCUT2D eigenvalue weighted by atomic mass is 32.2. The fraction of sp³-hybridized carbons (Fsp3) is 0.200. The highest BCUT2D eigenvalue weighted by Gasteiger charge is 2.23. The summed E-state index contributed by atoms with van der Waals surface area (Å²) in [5.41, 5.74) is 0.359. The molecule has 1 N–H and O–H groups in total. The lowest BCUT2D eigenvalue weighted by atomic mass is 10.2. The van der Waals surface area contributed by atoms with Crippen LogP contribution in [0.2, 0.25) is 0 Å². The molecule has 2 aromatic rings. The molecule has 2 rings (SSSR count). The van der Waals surface area contributed by atoms with Crippen LogP contribution in [0.4, 0.5) is 17.1 Å². The van der Waals surface area contributed by atoms with Crippen molar-refractivity contribution in [3.63, 3.8) is 0 Å². The third kappa shape index (κ3) is 3.47. The molecule has 24 heavy (non-hydrogen) atoms. The molecular formula is C15H17N3O5S. The first-order valence-corrected chi connectivity index (χ1v) is 8.32. The van der Waals surface area contributed by atoms with Crippen LogP contribution in [-0.2, 0) is 10.0 Å². The van der Waals surface area contributed by atoms with Crippen molar-refractivity contribution in [2.24, 2.45) is 0 Å². The molecule has 0 aliphatic rings. The Kier molecular flexibility index (Phi) is 5.05. The molecule has 0 fully saturated rings. The zero-order valence-electron chi connectivity index (χ0n) is 13.4. The van der Waals surface area contributed by atoms with Crippen molar-refractivity contribution in [2.75, 3.05) is 26.5 Å². The molecule has 0 aliphatic heterocycles. The highest BCUT2D eigenvalue weighted by molar-refractivity contribution is 7.89. The zero-order valence-corrected chi connectivity index (χ0v) is 14.2. The van der Waals surface area contributed by atoms with Crippen LogP contribution in [0.5, 0.6) is 5.75 Å². The van der Waals surface area contributed by atoms with Crippen LogP contribution in [0.1, 0.15) is 0 Å². The van der Waals surface area contributed by atoms with Crippen LogP contribution in [0, 0.1) is 10.1 Å². The molecule has 0 atom stereocenters. The molecule has 0 aliphatic carbocycles. The lowest BCUT2D eigenvalue weighted by Gasteiger charge is -2.14. The van der Waals surface area contributed by atoms with Gasteiger partial charge in [0.1, 0.15) is 11.4 Å². The first kappa shape index (κ1) is 17.7. The molecule has 9 heteroatoms. The number of methoxy groups -OCH3 is 1. The Morgan fingerprint density at radius 3 is 2.38 bits per heavy atom. The van der Waals surface area contributed by atoms with Crippen molar-refractivity contribution in [2.45, 2.75) is 4.90 Å². The first-order valence-electron chi connectivity index (χ1n) is 6.88. The highest BCUT2D eigenvalue weighted by Crippen LogP contribution is 2.33. The largest absolute Gasteiger partial charge is 0.495 e. The van der Waals surface area contributed by atoms with Crippen molar-refractivity contribution in [1.29, 1.82) is 0 Å². The van der Waals surface area contributed by atoms with Crippen LogP contribution in [0.15, 0.2) is 47.4 Å². The van der Waals surface area contributed by atoms with Gasteiger partial charge in [0.15, 0.2) is 0 Å². The van der Waals surface area contributed by atoms with Crippen molar-refractivity contribution >= 4 is 27.1 Å². The lowest BCUT2D eigenvalue weighted by Crippen LogP contribution is -2.22. The van der Waals surface area contributed by atoms with Gasteiger partial charge in [-0.05, 0) is 24.3 Å². The summed E-state index contributed by atoms with van der Waals surface area (Å²) in [6.07, 6.45) is 0. The van der Waals surface area contributed by atoms with Crippen molar-refractivity contribution in [3.05, 3.63) is 52.6 Å². The number of hydrogen-bond acceptors (Lipinski definition) is 6. The fourth-order valence-electron chi connectivity index (χ4n) is 2.03. The summed E-state index contributed by atoms with van der Waals surface area (Å²) >= 11 is 0. The number of nitrogens with zero attached hydrogens (tertiary/aromatic N) is 2. The van der Waals surface area contributed by atoms with E-state index in [4.69, 9.17) is 4.74 Å². The van der Waals surface area contributed by atoms with E-state index < -0.39 is 14.9 Å². The summed E-state index contributed by atoms with van der Waals surface area (Å²) < 4.78 is 30.5. The summed E-state index contributed by atoms with van der Waals surface area (Å²) in [6, 6.07) is 10.6. The van der Waals surface area contributed by atoms with E-state index in [9.17, 15) is 18.5 Å². The second kappa shape index (κ2) is 6.85. The molecule has 0 aromatic heterocycles. The Hall–Kier alpha value is -2.65. The van der Waals surface area contributed by atoms with E-state index in [2.05, 4.69) is 5.32 Å². The number of rotatable bonds is 6. The summed E-state index contributed by atoms with van der Waals surface area (Å²) in [5.74, 6) is 0.511. The van der Waals surface area contributed by atoms with Crippen LogP contribution < -0.4 is 10.1 Å². The van der Waals surface area contributed by atoms with Gasteiger partial charge in [-0.3, -0.25) is 10.1 Å². The van der Waals surface area contributed by atoms with Crippen molar-refractivity contribution < 1.29 is 18.1 Å². The predicted octanol–water partition coefficient (Wildman–Crippen LogP) is 2.60. The summed E-state index contributed by atoms with van der Waals surface area (Å²) in [4.78, 5) is 10.6. The molecule has 0 radical (unpaired) electrons. The average Bonchev–Trinajstić information content (AvgIpc) is 2.55.